The van der Waals surface area contributed by atoms with Crippen molar-refractivity contribution in [1.82, 2.24) is 9.80 Å². The molecular formula is C19H29N3O4. The van der Waals surface area contributed by atoms with Gasteiger partial charge in [-0.05, 0) is 32.9 Å². The third-order valence-electron chi connectivity index (χ3n) is 4.25. The summed E-state index contributed by atoms with van der Waals surface area (Å²) >= 11 is 0. The smallest absolute Gasteiger partial charge is 0.410 e. The fraction of sp³-hybridized carbons (Fsp3) is 0.579. The van der Waals surface area contributed by atoms with Gasteiger partial charge in [-0.25, -0.2) is 4.79 Å². The number of para-hydroxylation sites is 1. The molecule has 2 atom stereocenters. The number of rotatable bonds is 2. The van der Waals surface area contributed by atoms with Crippen LogP contribution >= 0.6 is 0 Å². The van der Waals surface area contributed by atoms with Crippen LogP contribution in [-0.4, -0.2) is 60.7 Å². The summed E-state index contributed by atoms with van der Waals surface area (Å²) < 4.78 is 11.5. The maximum absolute atomic E-state index is 12.6. The molecule has 2 amide bonds. The van der Waals surface area contributed by atoms with E-state index in [2.05, 4.69) is 0 Å². The fourth-order valence-corrected chi connectivity index (χ4v) is 2.86. The number of fused-ring (bicyclic) bond motifs is 1. The van der Waals surface area contributed by atoms with Crippen LogP contribution in [0.3, 0.4) is 0 Å². The van der Waals surface area contributed by atoms with E-state index in [0.717, 1.165) is 0 Å². The Morgan fingerprint density at radius 2 is 2.08 bits per heavy atom. The van der Waals surface area contributed by atoms with E-state index in [1.54, 1.807) is 37.2 Å². The van der Waals surface area contributed by atoms with Crippen molar-refractivity contribution < 1.29 is 19.1 Å². The molecule has 1 aliphatic heterocycles. The number of hydrogen-bond donors (Lipinski definition) is 1. The van der Waals surface area contributed by atoms with Gasteiger partial charge in [-0.15, -0.1) is 0 Å². The van der Waals surface area contributed by atoms with Crippen molar-refractivity contribution >= 4 is 17.7 Å². The van der Waals surface area contributed by atoms with Gasteiger partial charge in [-0.3, -0.25) is 4.79 Å². The van der Waals surface area contributed by atoms with E-state index in [4.69, 9.17) is 15.2 Å². The van der Waals surface area contributed by atoms with Crippen molar-refractivity contribution in [2.24, 2.45) is 5.92 Å². The monoisotopic (exact) mass is 363 g/mol. The van der Waals surface area contributed by atoms with E-state index < -0.39 is 11.7 Å². The highest BCUT2D eigenvalue weighted by atomic mass is 16.6. The third kappa shape index (κ3) is 4.59. The van der Waals surface area contributed by atoms with Gasteiger partial charge in [-0.1, -0.05) is 13.0 Å². The molecule has 0 radical (unpaired) electrons. The summed E-state index contributed by atoms with van der Waals surface area (Å²) in [4.78, 5) is 28.0. The highest BCUT2D eigenvalue weighted by Gasteiger charge is 2.32. The Balaban J connectivity index is 2.26. The van der Waals surface area contributed by atoms with Crippen LogP contribution in [-0.2, 0) is 4.74 Å². The Kier molecular flexibility index (Phi) is 5.68. The number of anilines is 1. The zero-order valence-corrected chi connectivity index (χ0v) is 16.4. The predicted octanol–water partition coefficient (Wildman–Crippen LogP) is 2.60. The Hall–Kier alpha value is -2.44. The van der Waals surface area contributed by atoms with E-state index >= 15 is 0 Å². The van der Waals surface area contributed by atoms with Crippen molar-refractivity contribution in [1.29, 1.82) is 0 Å². The molecule has 2 rings (SSSR count). The van der Waals surface area contributed by atoms with Gasteiger partial charge in [0, 0.05) is 26.6 Å². The number of carbonyl (C=O) groups excluding carboxylic acids is 2. The molecule has 1 heterocycles. The van der Waals surface area contributed by atoms with Crippen molar-refractivity contribution in [2.45, 2.75) is 39.4 Å². The molecule has 7 heteroatoms. The molecule has 7 nitrogen and oxygen atoms in total. The van der Waals surface area contributed by atoms with Gasteiger partial charge >= 0.3 is 6.09 Å². The minimum absolute atomic E-state index is 0.00147. The molecule has 26 heavy (non-hydrogen) atoms. The number of hydrogen-bond acceptors (Lipinski definition) is 5. The number of nitrogen functional groups attached to an aromatic ring is 1. The van der Waals surface area contributed by atoms with Gasteiger partial charge in [-0.2, -0.15) is 0 Å². The second-order valence-corrected chi connectivity index (χ2v) is 7.90. The third-order valence-corrected chi connectivity index (χ3v) is 4.25. The number of ether oxygens (including phenoxy) is 2. The standard InChI is InChI=1S/C19H29N3O4/c1-12-10-21(5)17(23)13-8-7-9-14(20)16(13)25-15(12)11-22(6)18(24)26-19(2,3)4/h7-9,12,15H,10-11,20H2,1-6H3/t12-,15+/m0/s1. The van der Waals surface area contributed by atoms with Gasteiger partial charge in [0.2, 0.25) is 0 Å². The molecule has 0 aromatic heterocycles. The van der Waals surface area contributed by atoms with Crippen molar-refractivity contribution in [3.63, 3.8) is 0 Å². The normalized spacial score (nSPS) is 20.5. The Morgan fingerprint density at radius 1 is 1.42 bits per heavy atom. The first-order valence-corrected chi connectivity index (χ1v) is 8.74. The number of likely N-dealkylation sites (N-methyl/N-ethyl adjacent to an activating group) is 1. The highest BCUT2D eigenvalue weighted by Crippen LogP contribution is 2.32. The zero-order chi connectivity index (χ0) is 19.6. The van der Waals surface area contributed by atoms with Crippen LogP contribution < -0.4 is 10.5 Å². The maximum atomic E-state index is 12.6. The molecular weight excluding hydrogens is 334 g/mol. The van der Waals surface area contributed by atoms with Crippen LogP contribution in [0, 0.1) is 5.92 Å². The van der Waals surface area contributed by atoms with E-state index in [9.17, 15) is 9.59 Å². The Morgan fingerprint density at radius 3 is 2.69 bits per heavy atom. The van der Waals surface area contributed by atoms with E-state index in [0.29, 0.717) is 30.1 Å². The lowest BCUT2D eigenvalue weighted by atomic mass is 10.0. The van der Waals surface area contributed by atoms with Gasteiger partial charge in [0.15, 0.2) is 5.75 Å². The number of nitrogens with two attached hydrogens (primary N) is 1. The summed E-state index contributed by atoms with van der Waals surface area (Å²) in [5.41, 5.74) is 6.32. The highest BCUT2D eigenvalue weighted by molar-refractivity contribution is 5.98. The van der Waals surface area contributed by atoms with E-state index in [1.807, 2.05) is 27.7 Å². The van der Waals surface area contributed by atoms with Crippen LogP contribution in [0.4, 0.5) is 10.5 Å². The summed E-state index contributed by atoms with van der Waals surface area (Å²) in [6, 6.07) is 5.14. The van der Waals surface area contributed by atoms with Crippen molar-refractivity contribution in [3.05, 3.63) is 23.8 Å². The van der Waals surface area contributed by atoms with E-state index in [-0.39, 0.29) is 17.9 Å². The summed E-state index contributed by atoms with van der Waals surface area (Å²) in [7, 11) is 3.43. The van der Waals surface area contributed by atoms with Gasteiger partial charge < -0.3 is 25.0 Å². The van der Waals surface area contributed by atoms with Crippen LogP contribution in [0.15, 0.2) is 18.2 Å². The minimum Gasteiger partial charge on any atom is -0.485 e. The van der Waals surface area contributed by atoms with E-state index in [1.165, 1.54) is 4.90 Å². The number of amides is 2. The summed E-state index contributed by atoms with van der Waals surface area (Å²) in [5, 5.41) is 0. The second kappa shape index (κ2) is 7.43. The summed E-state index contributed by atoms with van der Waals surface area (Å²) in [6.45, 7) is 8.30. The lowest BCUT2D eigenvalue weighted by Gasteiger charge is -2.35. The Labute approximate surface area is 155 Å². The minimum atomic E-state index is -0.567. The fourth-order valence-electron chi connectivity index (χ4n) is 2.86. The lowest BCUT2D eigenvalue weighted by Crippen LogP contribution is -2.47. The largest absolute Gasteiger partial charge is 0.485 e. The first-order chi connectivity index (χ1) is 12.0. The van der Waals surface area contributed by atoms with Crippen LogP contribution in [0.1, 0.15) is 38.1 Å². The molecule has 0 spiro atoms. The molecule has 0 fully saturated rings. The quantitative estimate of drug-likeness (QED) is 0.817. The molecule has 0 unspecified atom stereocenters. The first kappa shape index (κ1) is 19.9. The molecule has 2 N–H and O–H groups in total. The average Bonchev–Trinajstić information content (AvgIpc) is 2.52. The van der Waals surface area contributed by atoms with Crippen molar-refractivity contribution in [2.75, 3.05) is 32.9 Å². The van der Waals surface area contributed by atoms with Gasteiger partial charge in [0.05, 0.1) is 17.8 Å². The van der Waals surface area contributed by atoms with Crippen molar-refractivity contribution in [3.8, 4) is 5.75 Å². The van der Waals surface area contributed by atoms with Gasteiger partial charge in [0.1, 0.15) is 11.7 Å². The lowest BCUT2D eigenvalue weighted by molar-refractivity contribution is 0.0152. The number of carbonyl (C=O) groups is 2. The zero-order valence-electron chi connectivity index (χ0n) is 16.4. The maximum Gasteiger partial charge on any atom is 0.410 e. The summed E-state index contributed by atoms with van der Waals surface area (Å²) in [6.07, 6.45) is -0.743. The molecule has 144 valence electrons. The SMILES string of the molecule is C[C@H]1CN(C)C(=O)c2cccc(N)c2O[C@@H]1CN(C)C(=O)OC(C)(C)C. The molecule has 1 aromatic carbocycles. The molecule has 0 saturated carbocycles. The number of nitrogens with zero attached hydrogens (tertiary/aromatic N) is 2. The summed E-state index contributed by atoms with van der Waals surface area (Å²) in [5.74, 6) is 0.248. The first-order valence-electron chi connectivity index (χ1n) is 8.74. The topological polar surface area (TPSA) is 85.1 Å². The second-order valence-electron chi connectivity index (χ2n) is 7.90. The molecule has 1 aromatic rings. The van der Waals surface area contributed by atoms with Crippen LogP contribution in [0.5, 0.6) is 5.75 Å². The van der Waals surface area contributed by atoms with Crippen LogP contribution in [0.25, 0.3) is 0 Å². The molecule has 1 aliphatic rings. The number of benzene rings is 1. The van der Waals surface area contributed by atoms with Gasteiger partial charge in [0.25, 0.3) is 5.91 Å². The van der Waals surface area contributed by atoms with Crippen LogP contribution in [0.2, 0.25) is 0 Å². The predicted molar refractivity (Wildman–Crippen MR) is 100 cm³/mol. The molecule has 0 aliphatic carbocycles. The molecule has 0 bridgehead atoms. The Bertz CT molecular complexity index is 684. The molecule has 0 saturated heterocycles. The average molecular weight is 363 g/mol.